The van der Waals surface area contributed by atoms with Gasteiger partial charge in [0.05, 0.1) is 10.5 Å². The quantitative estimate of drug-likeness (QED) is 0.929. The Balaban J connectivity index is 2.35. The Hall–Kier alpha value is -1.47. The van der Waals surface area contributed by atoms with Crippen LogP contribution in [0.4, 0.5) is 4.39 Å². The van der Waals surface area contributed by atoms with Crippen molar-refractivity contribution in [2.75, 3.05) is 13.1 Å². The first-order chi connectivity index (χ1) is 9.82. The summed E-state index contributed by atoms with van der Waals surface area (Å²) in [5.41, 5.74) is -0.626. The molecule has 0 saturated carbocycles. The lowest BCUT2D eigenvalue weighted by Crippen LogP contribution is -2.32. The lowest BCUT2D eigenvalue weighted by atomic mass is 10.0. The van der Waals surface area contributed by atoms with Crippen molar-refractivity contribution in [3.63, 3.8) is 0 Å². The molecule has 0 bridgehead atoms. The van der Waals surface area contributed by atoms with Gasteiger partial charge >= 0.3 is 5.97 Å². The molecule has 0 aliphatic carbocycles. The minimum absolute atomic E-state index is 0.171. The van der Waals surface area contributed by atoms with E-state index in [-0.39, 0.29) is 4.90 Å². The normalized spacial score (nSPS) is 21.0. The maximum absolute atomic E-state index is 13.4. The molecule has 0 aromatic heterocycles. The van der Waals surface area contributed by atoms with E-state index in [2.05, 4.69) is 6.92 Å². The molecule has 5 nitrogen and oxygen atoms in total. The van der Waals surface area contributed by atoms with E-state index in [1.54, 1.807) is 0 Å². The molecule has 1 aliphatic rings. The number of sulfonamides is 1. The van der Waals surface area contributed by atoms with Gasteiger partial charge in [0.25, 0.3) is 0 Å². The van der Waals surface area contributed by atoms with E-state index in [9.17, 15) is 17.6 Å². The average Bonchev–Trinajstić information content (AvgIpc) is 2.63. The Morgan fingerprint density at radius 3 is 2.71 bits per heavy atom. The SMILES string of the molecule is CC1CCCN(S(=O)(=O)c2ccc(F)c(C(=O)O)c2)CC1. The zero-order valence-corrected chi connectivity index (χ0v) is 12.6. The Morgan fingerprint density at radius 1 is 1.33 bits per heavy atom. The van der Waals surface area contributed by atoms with E-state index in [4.69, 9.17) is 5.11 Å². The van der Waals surface area contributed by atoms with E-state index >= 15 is 0 Å². The highest BCUT2D eigenvalue weighted by Crippen LogP contribution is 2.24. The third kappa shape index (κ3) is 3.41. The summed E-state index contributed by atoms with van der Waals surface area (Å²) in [4.78, 5) is 10.8. The Bertz CT molecular complexity index is 644. The van der Waals surface area contributed by atoms with Gasteiger partial charge in [-0.25, -0.2) is 17.6 Å². The summed E-state index contributed by atoms with van der Waals surface area (Å²) in [6.45, 7) is 2.90. The number of hydrogen-bond acceptors (Lipinski definition) is 3. The fourth-order valence-electron chi connectivity index (χ4n) is 2.45. The van der Waals surface area contributed by atoms with Crippen LogP contribution >= 0.6 is 0 Å². The number of carbonyl (C=O) groups is 1. The molecule has 1 unspecified atom stereocenters. The van der Waals surface area contributed by atoms with E-state index in [1.165, 1.54) is 4.31 Å². The molecule has 1 saturated heterocycles. The second kappa shape index (κ2) is 6.11. The number of carboxylic acids is 1. The maximum Gasteiger partial charge on any atom is 0.338 e. The van der Waals surface area contributed by atoms with Gasteiger partial charge in [-0.2, -0.15) is 4.31 Å². The predicted molar refractivity (Wildman–Crippen MR) is 75.1 cm³/mol. The number of halogens is 1. The van der Waals surface area contributed by atoms with Gasteiger partial charge in [0.15, 0.2) is 0 Å². The van der Waals surface area contributed by atoms with Crippen LogP contribution < -0.4 is 0 Å². The molecular formula is C14H18FNO4S. The van der Waals surface area contributed by atoms with Crippen molar-refractivity contribution in [1.29, 1.82) is 0 Å². The molecule has 1 N–H and O–H groups in total. The van der Waals surface area contributed by atoms with Crippen molar-refractivity contribution in [2.45, 2.75) is 31.1 Å². The first-order valence-electron chi connectivity index (χ1n) is 6.85. The van der Waals surface area contributed by atoms with Gasteiger partial charge < -0.3 is 5.11 Å². The minimum atomic E-state index is -3.78. The molecule has 7 heteroatoms. The largest absolute Gasteiger partial charge is 0.478 e. The van der Waals surface area contributed by atoms with Crippen LogP contribution in [0, 0.1) is 11.7 Å². The molecule has 116 valence electrons. The zero-order valence-electron chi connectivity index (χ0n) is 11.8. The highest BCUT2D eigenvalue weighted by molar-refractivity contribution is 7.89. The Labute approximate surface area is 123 Å². The van der Waals surface area contributed by atoms with Crippen molar-refractivity contribution in [3.05, 3.63) is 29.6 Å². The fraction of sp³-hybridized carbons (Fsp3) is 0.500. The molecule has 1 atom stereocenters. The number of carboxylic acid groups (broad SMARTS) is 1. The lowest BCUT2D eigenvalue weighted by Gasteiger charge is -2.20. The molecule has 1 heterocycles. The van der Waals surface area contributed by atoms with E-state index in [0.29, 0.717) is 19.0 Å². The Morgan fingerprint density at radius 2 is 2.05 bits per heavy atom. The van der Waals surface area contributed by atoms with Gasteiger partial charge in [-0.1, -0.05) is 6.92 Å². The van der Waals surface area contributed by atoms with Crippen molar-refractivity contribution in [2.24, 2.45) is 5.92 Å². The monoisotopic (exact) mass is 315 g/mol. The zero-order chi connectivity index (χ0) is 15.6. The highest BCUT2D eigenvalue weighted by Gasteiger charge is 2.28. The van der Waals surface area contributed by atoms with Crippen LogP contribution in [0.2, 0.25) is 0 Å². The standard InChI is InChI=1S/C14H18FNO4S/c1-10-3-2-7-16(8-6-10)21(19,20)11-4-5-13(15)12(9-11)14(17)18/h4-5,9-10H,2-3,6-8H2,1H3,(H,17,18). The van der Waals surface area contributed by atoms with Crippen LogP contribution in [-0.2, 0) is 10.0 Å². The molecule has 21 heavy (non-hydrogen) atoms. The van der Waals surface area contributed by atoms with E-state index in [1.807, 2.05) is 0 Å². The summed E-state index contributed by atoms with van der Waals surface area (Å²) in [6.07, 6.45) is 2.51. The summed E-state index contributed by atoms with van der Waals surface area (Å²) in [7, 11) is -3.78. The van der Waals surface area contributed by atoms with Crippen LogP contribution in [0.5, 0.6) is 0 Å². The van der Waals surface area contributed by atoms with Crippen LogP contribution in [0.3, 0.4) is 0 Å². The van der Waals surface area contributed by atoms with Crippen molar-refractivity contribution in [3.8, 4) is 0 Å². The molecule has 1 fully saturated rings. The second-order valence-corrected chi connectivity index (χ2v) is 7.32. The molecule has 1 aromatic rings. The van der Waals surface area contributed by atoms with Crippen LogP contribution in [0.25, 0.3) is 0 Å². The highest BCUT2D eigenvalue weighted by atomic mass is 32.2. The number of hydrogen-bond donors (Lipinski definition) is 1. The third-order valence-corrected chi connectivity index (χ3v) is 5.68. The average molecular weight is 315 g/mol. The Kier molecular flexibility index (Phi) is 4.63. The molecule has 0 amide bonds. The maximum atomic E-state index is 13.4. The van der Waals surface area contributed by atoms with Gasteiger partial charge in [-0.15, -0.1) is 0 Å². The third-order valence-electron chi connectivity index (χ3n) is 3.78. The summed E-state index contributed by atoms with van der Waals surface area (Å²) in [5, 5.41) is 8.90. The molecule has 1 aromatic carbocycles. The van der Waals surface area contributed by atoms with Crippen molar-refractivity contribution < 1.29 is 22.7 Å². The van der Waals surface area contributed by atoms with Crippen LogP contribution in [0.15, 0.2) is 23.1 Å². The fourth-order valence-corrected chi connectivity index (χ4v) is 3.97. The number of rotatable bonds is 3. The molecular weight excluding hydrogens is 297 g/mol. The topological polar surface area (TPSA) is 74.7 Å². The smallest absolute Gasteiger partial charge is 0.338 e. The summed E-state index contributed by atoms with van der Waals surface area (Å²) < 4.78 is 39.8. The van der Waals surface area contributed by atoms with Gasteiger partial charge in [0.2, 0.25) is 10.0 Å². The summed E-state index contributed by atoms with van der Waals surface area (Å²) in [5.74, 6) is -1.95. The summed E-state index contributed by atoms with van der Waals surface area (Å²) >= 11 is 0. The van der Waals surface area contributed by atoms with Crippen molar-refractivity contribution in [1.82, 2.24) is 4.31 Å². The number of aromatic carboxylic acids is 1. The van der Waals surface area contributed by atoms with Crippen molar-refractivity contribution >= 4 is 16.0 Å². The van der Waals surface area contributed by atoms with E-state index in [0.717, 1.165) is 37.5 Å². The minimum Gasteiger partial charge on any atom is -0.478 e. The van der Waals surface area contributed by atoms with Gasteiger partial charge in [-0.05, 0) is 43.4 Å². The summed E-state index contributed by atoms with van der Waals surface area (Å²) in [6, 6.07) is 2.89. The van der Waals surface area contributed by atoms with Gasteiger partial charge in [-0.3, -0.25) is 0 Å². The lowest BCUT2D eigenvalue weighted by molar-refractivity contribution is 0.0691. The van der Waals surface area contributed by atoms with Crippen LogP contribution in [-0.4, -0.2) is 36.9 Å². The molecule has 1 aliphatic heterocycles. The molecule has 2 rings (SSSR count). The van der Waals surface area contributed by atoms with Gasteiger partial charge in [0.1, 0.15) is 5.82 Å². The predicted octanol–water partition coefficient (Wildman–Crippen LogP) is 2.33. The second-order valence-electron chi connectivity index (χ2n) is 5.39. The van der Waals surface area contributed by atoms with E-state index < -0.39 is 27.4 Å². The number of nitrogens with zero attached hydrogens (tertiary/aromatic N) is 1. The first-order valence-corrected chi connectivity index (χ1v) is 8.29. The first kappa shape index (κ1) is 15.9. The molecule has 0 spiro atoms. The molecule has 0 radical (unpaired) electrons. The van der Waals surface area contributed by atoms with Gasteiger partial charge in [0, 0.05) is 13.1 Å². The van der Waals surface area contributed by atoms with Crippen LogP contribution in [0.1, 0.15) is 36.5 Å². The number of benzene rings is 1.